The molecule has 104 valence electrons. The van der Waals surface area contributed by atoms with E-state index in [4.69, 9.17) is 5.73 Å². The third-order valence-electron chi connectivity index (χ3n) is 3.97. The monoisotopic (exact) mass is 270 g/mol. The fourth-order valence-electron chi connectivity index (χ4n) is 2.68. The van der Waals surface area contributed by atoms with Gasteiger partial charge in [-0.3, -0.25) is 14.8 Å². The summed E-state index contributed by atoms with van der Waals surface area (Å²) in [6.45, 7) is 3.53. The van der Waals surface area contributed by atoms with Gasteiger partial charge in [-0.15, -0.1) is 0 Å². The van der Waals surface area contributed by atoms with Gasteiger partial charge in [-0.2, -0.15) is 0 Å². The average Bonchev–Trinajstić information content (AvgIpc) is 2.96. The maximum Gasteiger partial charge on any atom is 0.253 e. The van der Waals surface area contributed by atoms with E-state index in [9.17, 15) is 4.79 Å². The molecule has 0 saturated carbocycles. The van der Waals surface area contributed by atoms with Crippen LogP contribution in [0.2, 0.25) is 0 Å². The Bertz CT molecular complexity index is 641. The third-order valence-corrected chi connectivity index (χ3v) is 3.97. The molecule has 1 aliphatic heterocycles. The number of aromatic nitrogens is 2. The molecule has 1 aromatic carbocycles. The summed E-state index contributed by atoms with van der Waals surface area (Å²) in [5.41, 5.74) is 8.14. The number of likely N-dealkylation sites (tertiary alicyclic amines) is 1. The van der Waals surface area contributed by atoms with E-state index >= 15 is 0 Å². The zero-order chi connectivity index (χ0) is 14.1. The first-order valence-corrected chi connectivity index (χ1v) is 6.91. The van der Waals surface area contributed by atoms with Crippen molar-refractivity contribution in [1.82, 2.24) is 14.9 Å². The van der Waals surface area contributed by atoms with Crippen LogP contribution in [-0.4, -0.2) is 39.9 Å². The SMILES string of the molecule is CC(N)C1CCN(C(=O)c2ccc3nccnc3c2)C1. The largest absolute Gasteiger partial charge is 0.338 e. The van der Waals surface area contributed by atoms with Crippen LogP contribution in [0.25, 0.3) is 11.0 Å². The van der Waals surface area contributed by atoms with Crippen molar-refractivity contribution >= 4 is 16.9 Å². The lowest BCUT2D eigenvalue weighted by atomic mass is 10.0. The zero-order valence-electron chi connectivity index (χ0n) is 11.5. The van der Waals surface area contributed by atoms with Gasteiger partial charge in [0.2, 0.25) is 0 Å². The topological polar surface area (TPSA) is 72.1 Å². The number of hydrogen-bond acceptors (Lipinski definition) is 4. The summed E-state index contributed by atoms with van der Waals surface area (Å²) < 4.78 is 0. The predicted molar refractivity (Wildman–Crippen MR) is 77.2 cm³/mol. The average molecular weight is 270 g/mol. The Hall–Kier alpha value is -2.01. The molecule has 2 heterocycles. The molecule has 0 bridgehead atoms. The van der Waals surface area contributed by atoms with E-state index in [1.54, 1.807) is 12.4 Å². The number of carbonyl (C=O) groups excluding carboxylic acids is 1. The summed E-state index contributed by atoms with van der Waals surface area (Å²) in [5, 5.41) is 0. The Morgan fingerprint density at radius 3 is 2.80 bits per heavy atom. The molecule has 2 unspecified atom stereocenters. The lowest BCUT2D eigenvalue weighted by Crippen LogP contribution is -2.33. The Morgan fingerprint density at radius 2 is 2.10 bits per heavy atom. The number of benzene rings is 1. The lowest BCUT2D eigenvalue weighted by Gasteiger charge is -2.18. The molecule has 1 aromatic heterocycles. The normalized spacial score (nSPS) is 20.3. The van der Waals surface area contributed by atoms with Gasteiger partial charge in [-0.1, -0.05) is 0 Å². The quantitative estimate of drug-likeness (QED) is 0.896. The van der Waals surface area contributed by atoms with E-state index in [-0.39, 0.29) is 11.9 Å². The number of fused-ring (bicyclic) bond motifs is 1. The fourth-order valence-corrected chi connectivity index (χ4v) is 2.68. The molecular formula is C15H18N4O. The highest BCUT2D eigenvalue weighted by Crippen LogP contribution is 2.21. The van der Waals surface area contributed by atoms with Gasteiger partial charge in [0.05, 0.1) is 11.0 Å². The standard InChI is InChI=1S/C15H18N4O/c1-10(16)12-4-7-19(9-12)15(20)11-2-3-13-14(8-11)18-6-5-17-13/h2-3,5-6,8,10,12H,4,7,9,16H2,1H3. The van der Waals surface area contributed by atoms with E-state index in [1.807, 2.05) is 30.0 Å². The molecule has 5 heteroatoms. The highest BCUT2D eigenvalue weighted by molar-refractivity contribution is 5.97. The Morgan fingerprint density at radius 1 is 1.35 bits per heavy atom. The second-order valence-electron chi connectivity index (χ2n) is 5.42. The molecule has 1 aliphatic rings. The number of hydrogen-bond donors (Lipinski definition) is 1. The van der Waals surface area contributed by atoms with E-state index in [2.05, 4.69) is 9.97 Å². The number of nitrogens with zero attached hydrogens (tertiary/aromatic N) is 3. The van der Waals surface area contributed by atoms with Crippen molar-refractivity contribution in [2.24, 2.45) is 11.7 Å². The minimum absolute atomic E-state index is 0.0562. The van der Waals surface area contributed by atoms with Gasteiger partial charge in [0.25, 0.3) is 5.91 Å². The molecule has 20 heavy (non-hydrogen) atoms. The van der Waals surface area contributed by atoms with Crippen LogP contribution in [0.15, 0.2) is 30.6 Å². The maximum atomic E-state index is 12.5. The first-order chi connectivity index (χ1) is 9.65. The van der Waals surface area contributed by atoms with Crippen LogP contribution >= 0.6 is 0 Å². The third kappa shape index (κ3) is 2.36. The van der Waals surface area contributed by atoms with Crippen molar-refractivity contribution in [2.75, 3.05) is 13.1 Å². The molecular weight excluding hydrogens is 252 g/mol. The van der Waals surface area contributed by atoms with Crippen molar-refractivity contribution in [3.8, 4) is 0 Å². The number of nitrogens with two attached hydrogens (primary N) is 1. The van der Waals surface area contributed by atoms with E-state index in [1.165, 1.54) is 0 Å². The van der Waals surface area contributed by atoms with E-state index in [0.29, 0.717) is 11.5 Å². The summed E-state index contributed by atoms with van der Waals surface area (Å²) >= 11 is 0. The van der Waals surface area contributed by atoms with Crippen molar-refractivity contribution < 1.29 is 4.79 Å². The van der Waals surface area contributed by atoms with Gasteiger partial charge >= 0.3 is 0 Å². The maximum absolute atomic E-state index is 12.5. The molecule has 2 aromatic rings. The van der Waals surface area contributed by atoms with E-state index < -0.39 is 0 Å². The lowest BCUT2D eigenvalue weighted by molar-refractivity contribution is 0.0786. The van der Waals surface area contributed by atoms with Crippen molar-refractivity contribution in [3.63, 3.8) is 0 Å². The first kappa shape index (κ1) is 13.0. The van der Waals surface area contributed by atoms with E-state index in [0.717, 1.165) is 30.5 Å². The van der Waals surface area contributed by atoms with Crippen LogP contribution in [0.4, 0.5) is 0 Å². The summed E-state index contributed by atoms with van der Waals surface area (Å²) in [7, 11) is 0. The summed E-state index contributed by atoms with van der Waals surface area (Å²) in [5.74, 6) is 0.458. The van der Waals surface area contributed by atoms with Crippen molar-refractivity contribution in [1.29, 1.82) is 0 Å². The molecule has 1 saturated heterocycles. The van der Waals surface area contributed by atoms with Gasteiger partial charge in [0.15, 0.2) is 0 Å². The van der Waals surface area contributed by atoms with Crippen LogP contribution in [0.1, 0.15) is 23.7 Å². The Labute approximate surface area is 117 Å². The number of carbonyl (C=O) groups is 1. The second kappa shape index (κ2) is 5.17. The first-order valence-electron chi connectivity index (χ1n) is 6.91. The minimum atomic E-state index is 0.0562. The highest BCUT2D eigenvalue weighted by Gasteiger charge is 2.28. The molecule has 2 N–H and O–H groups in total. The molecule has 2 atom stereocenters. The van der Waals surface area contributed by atoms with Crippen molar-refractivity contribution in [2.45, 2.75) is 19.4 Å². The van der Waals surface area contributed by atoms with Gasteiger partial charge in [-0.05, 0) is 37.5 Å². The Kier molecular flexibility index (Phi) is 3.36. The van der Waals surface area contributed by atoms with Crippen molar-refractivity contribution in [3.05, 3.63) is 36.2 Å². The summed E-state index contributed by atoms with van der Waals surface area (Å²) in [6, 6.07) is 5.60. The van der Waals surface area contributed by atoms with Crippen LogP contribution in [0, 0.1) is 5.92 Å². The van der Waals surface area contributed by atoms with Gasteiger partial charge in [0, 0.05) is 37.1 Å². The highest BCUT2D eigenvalue weighted by atomic mass is 16.2. The van der Waals surface area contributed by atoms with Crippen LogP contribution in [0.5, 0.6) is 0 Å². The number of amides is 1. The fraction of sp³-hybridized carbons (Fsp3) is 0.400. The Balaban J connectivity index is 1.82. The second-order valence-corrected chi connectivity index (χ2v) is 5.42. The zero-order valence-corrected chi connectivity index (χ0v) is 11.5. The minimum Gasteiger partial charge on any atom is -0.338 e. The van der Waals surface area contributed by atoms with Crippen LogP contribution < -0.4 is 5.73 Å². The molecule has 1 amide bonds. The molecule has 0 radical (unpaired) electrons. The van der Waals surface area contributed by atoms with Gasteiger partial charge in [0.1, 0.15) is 0 Å². The smallest absolute Gasteiger partial charge is 0.253 e. The van der Waals surface area contributed by atoms with Crippen LogP contribution in [0.3, 0.4) is 0 Å². The molecule has 0 spiro atoms. The molecule has 1 fully saturated rings. The molecule has 0 aliphatic carbocycles. The van der Waals surface area contributed by atoms with Gasteiger partial charge in [-0.25, -0.2) is 0 Å². The molecule has 5 nitrogen and oxygen atoms in total. The summed E-state index contributed by atoms with van der Waals surface area (Å²) in [4.78, 5) is 22.8. The molecule has 3 rings (SSSR count). The predicted octanol–water partition coefficient (Wildman–Crippen LogP) is 1.44. The van der Waals surface area contributed by atoms with Crippen LogP contribution in [-0.2, 0) is 0 Å². The number of rotatable bonds is 2. The van der Waals surface area contributed by atoms with Gasteiger partial charge < -0.3 is 10.6 Å². The summed E-state index contributed by atoms with van der Waals surface area (Å²) in [6.07, 6.45) is 4.27.